The third kappa shape index (κ3) is 2.31. The summed E-state index contributed by atoms with van der Waals surface area (Å²) in [5.74, 6) is 0.0243. The molecule has 0 saturated carbocycles. The van der Waals surface area contributed by atoms with Gasteiger partial charge in [0.15, 0.2) is 0 Å². The third-order valence-electron chi connectivity index (χ3n) is 1.83. The number of aromatic nitrogens is 2. The summed E-state index contributed by atoms with van der Waals surface area (Å²) >= 11 is 0. The van der Waals surface area contributed by atoms with Crippen LogP contribution in [0.3, 0.4) is 0 Å². The fraction of sp³-hybridized carbons (Fsp3) is 0.455. The van der Waals surface area contributed by atoms with E-state index >= 15 is 0 Å². The summed E-state index contributed by atoms with van der Waals surface area (Å²) in [4.78, 5) is 11.7. The van der Waals surface area contributed by atoms with E-state index in [1.807, 2.05) is 27.7 Å². The standard InChI is InChI=1S/C11H16N2O/c1-8(2)7-11(14)10-5-6-12-13(10)9(3)4/h5-7,9H,1-4H3. The summed E-state index contributed by atoms with van der Waals surface area (Å²) in [5, 5.41) is 4.11. The maximum atomic E-state index is 11.7. The number of allylic oxidation sites excluding steroid dienone is 2. The van der Waals surface area contributed by atoms with Gasteiger partial charge in [-0.1, -0.05) is 5.57 Å². The van der Waals surface area contributed by atoms with Gasteiger partial charge in [-0.15, -0.1) is 0 Å². The molecule has 0 atom stereocenters. The van der Waals surface area contributed by atoms with Gasteiger partial charge >= 0.3 is 0 Å². The molecular weight excluding hydrogens is 176 g/mol. The molecule has 0 radical (unpaired) electrons. The van der Waals surface area contributed by atoms with Crippen LogP contribution in [0.2, 0.25) is 0 Å². The molecule has 1 heterocycles. The van der Waals surface area contributed by atoms with Crippen molar-refractivity contribution < 1.29 is 4.79 Å². The van der Waals surface area contributed by atoms with Crippen molar-refractivity contribution >= 4 is 5.78 Å². The zero-order valence-corrected chi connectivity index (χ0v) is 9.11. The van der Waals surface area contributed by atoms with E-state index in [1.54, 1.807) is 23.0 Å². The summed E-state index contributed by atoms with van der Waals surface area (Å²) in [5.41, 5.74) is 1.66. The van der Waals surface area contributed by atoms with Crippen molar-refractivity contribution in [2.45, 2.75) is 33.7 Å². The van der Waals surface area contributed by atoms with Crippen LogP contribution < -0.4 is 0 Å². The summed E-state index contributed by atoms with van der Waals surface area (Å²) in [6, 6.07) is 1.97. The molecule has 3 nitrogen and oxygen atoms in total. The summed E-state index contributed by atoms with van der Waals surface area (Å²) < 4.78 is 1.74. The normalized spacial score (nSPS) is 10.4. The number of rotatable bonds is 3. The molecular formula is C11H16N2O. The van der Waals surface area contributed by atoms with Gasteiger partial charge in [0.05, 0.1) is 0 Å². The van der Waals surface area contributed by atoms with Crippen LogP contribution >= 0.6 is 0 Å². The molecule has 3 heteroatoms. The molecule has 1 aromatic rings. The molecule has 0 aliphatic heterocycles. The van der Waals surface area contributed by atoms with Gasteiger partial charge in [0.2, 0.25) is 5.78 Å². The predicted octanol–water partition coefficient (Wildman–Crippen LogP) is 2.61. The van der Waals surface area contributed by atoms with E-state index in [9.17, 15) is 4.79 Å². The van der Waals surface area contributed by atoms with Gasteiger partial charge in [0, 0.05) is 12.2 Å². The predicted molar refractivity (Wildman–Crippen MR) is 56.4 cm³/mol. The number of hydrogen-bond acceptors (Lipinski definition) is 2. The Balaban J connectivity index is 3.01. The quantitative estimate of drug-likeness (QED) is 0.545. The van der Waals surface area contributed by atoms with E-state index in [0.717, 1.165) is 5.57 Å². The molecule has 0 aliphatic carbocycles. The first-order chi connectivity index (χ1) is 6.52. The lowest BCUT2D eigenvalue weighted by molar-refractivity contribution is 0.103. The van der Waals surface area contributed by atoms with Gasteiger partial charge < -0.3 is 0 Å². The van der Waals surface area contributed by atoms with E-state index in [1.165, 1.54) is 0 Å². The van der Waals surface area contributed by atoms with Crippen LogP contribution in [0.4, 0.5) is 0 Å². The molecule has 14 heavy (non-hydrogen) atoms. The lowest BCUT2D eigenvalue weighted by atomic mass is 10.2. The molecule has 1 rings (SSSR count). The van der Waals surface area contributed by atoms with Crippen molar-refractivity contribution in [1.82, 2.24) is 9.78 Å². The Bertz CT molecular complexity index is 357. The summed E-state index contributed by atoms with van der Waals surface area (Å²) in [6.45, 7) is 7.83. The topological polar surface area (TPSA) is 34.9 Å². The molecule has 0 aliphatic rings. The molecule has 76 valence electrons. The van der Waals surface area contributed by atoms with E-state index in [-0.39, 0.29) is 11.8 Å². The van der Waals surface area contributed by atoms with E-state index in [0.29, 0.717) is 5.69 Å². The van der Waals surface area contributed by atoms with Crippen LogP contribution in [-0.2, 0) is 0 Å². The fourth-order valence-corrected chi connectivity index (χ4v) is 1.26. The van der Waals surface area contributed by atoms with E-state index < -0.39 is 0 Å². The van der Waals surface area contributed by atoms with Crippen molar-refractivity contribution in [3.63, 3.8) is 0 Å². The van der Waals surface area contributed by atoms with Gasteiger partial charge in [0.1, 0.15) is 5.69 Å². The molecule has 0 spiro atoms. The van der Waals surface area contributed by atoms with Gasteiger partial charge in [-0.25, -0.2) is 0 Å². The van der Waals surface area contributed by atoms with E-state index in [2.05, 4.69) is 5.10 Å². The summed E-state index contributed by atoms with van der Waals surface area (Å²) in [7, 11) is 0. The lowest BCUT2D eigenvalue weighted by Crippen LogP contribution is -2.11. The SMILES string of the molecule is CC(C)=CC(=O)c1ccnn1C(C)C. The molecule has 0 unspecified atom stereocenters. The van der Waals surface area contributed by atoms with Crippen LogP contribution in [0.1, 0.15) is 44.2 Å². The smallest absolute Gasteiger partial charge is 0.203 e. The highest BCUT2D eigenvalue weighted by molar-refractivity contribution is 6.03. The first-order valence-electron chi connectivity index (χ1n) is 4.75. The van der Waals surface area contributed by atoms with Crippen molar-refractivity contribution in [2.75, 3.05) is 0 Å². The maximum absolute atomic E-state index is 11.7. The molecule has 0 amide bonds. The van der Waals surface area contributed by atoms with Crippen LogP contribution in [0.15, 0.2) is 23.9 Å². The minimum Gasteiger partial charge on any atom is -0.288 e. The highest BCUT2D eigenvalue weighted by Crippen LogP contribution is 2.09. The zero-order valence-electron chi connectivity index (χ0n) is 9.11. The van der Waals surface area contributed by atoms with Gasteiger partial charge in [-0.05, 0) is 39.8 Å². The van der Waals surface area contributed by atoms with Crippen LogP contribution in [0, 0.1) is 0 Å². The molecule has 0 fully saturated rings. The molecule has 0 N–H and O–H groups in total. The van der Waals surface area contributed by atoms with Gasteiger partial charge in [-0.2, -0.15) is 5.10 Å². The largest absolute Gasteiger partial charge is 0.288 e. The van der Waals surface area contributed by atoms with E-state index in [4.69, 9.17) is 0 Å². The average Bonchev–Trinajstić information content (AvgIpc) is 2.49. The average molecular weight is 192 g/mol. The second kappa shape index (κ2) is 4.22. The lowest BCUT2D eigenvalue weighted by Gasteiger charge is -2.08. The first kappa shape index (κ1) is 10.7. The van der Waals surface area contributed by atoms with Crippen molar-refractivity contribution in [3.05, 3.63) is 29.6 Å². The minimum atomic E-state index is 0.0243. The minimum absolute atomic E-state index is 0.0243. The Morgan fingerprint density at radius 3 is 2.64 bits per heavy atom. The number of carbonyl (C=O) groups is 1. The van der Waals surface area contributed by atoms with Gasteiger partial charge in [-0.3, -0.25) is 9.48 Å². The fourth-order valence-electron chi connectivity index (χ4n) is 1.26. The van der Waals surface area contributed by atoms with Gasteiger partial charge in [0.25, 0.3) is 0 Å². The molecule has 1 aromatic heterocycles. The third-order valence-corrected chi connectivity index (χ3v) is 1.83. The second-order valence-electron chi connectivity index (χ2n) is 3.84. The Morgan fingerprint density at radius 2 is 2.14 bits per heavy atom. The first-order valence-corrected chi connectivity index (χ1v) is 4.75. The Hall–Kier alpha value is -1.38. The number of hydrogen-bond donors (Lipinski definition) is 0. The molecule has 0 bridgehead atoms. The maximum Gasteiger partial charge on any atom is 0.203 e. The molecule has 0 aromatic carbocycles. The van der Waals surface area contributed by atoms with Crippen molar-refractivity contribution in [1.29, 1.82) is 0 Å². The monoisotopic (exact) mass is 192 g/mol. The Morgan fingerprint density at radius 1 is 1.50 bits per heavy atom. The van der Waals surface area contributed by atoms with Crippen LogP contribution in [0.5, 0.6) is 0 Å². The second-order valence-corrected chi connectivity index (χ2v) is 3.84. The number of nitrogens with zero attached hydrogens (tertiary/aromatic N) is 2. The molecule has 0 saturated heterocycles. The number of ketones is 1. The zero-order chi connectivity index (χ0) is 10.7. The van der Waals surface area contributed by atoms with Crippen LogP contribution in [0.25, 0.3) is 0 Å². The van der Waals surface area contributed by atoms with Crippen molar-refractivity contribution in [2.24, 2.45) is 0 Å². The Kier molecular flexibility index (Phi) is 3.23. The van der Waals surface area contributed by atoms with Crippen LogP contribution in [-0.4, -0.2) is 15.6 Å². The highest BCUT2D eigenvalue weighted by atomic mass is 16.1. The Labute approximate surface area is 84.4 Å². The summed E-state index contributed by atoms with van der Waals surface area (Å²) in [6.07, 6.45) is 3.29. The highest BCUT2D eigenvalue weighted by Gasteiger charge is 2.11. The number of carbonyl (C=O) groups excluding carboxylic acids is 1. The van der Waals surface area contributed by atoms with Crippen molar-refractivity contribution in [3.8, 4) is 0 Å².